The fraction of sp³-hybridized carbons (Fsp3) is 0.857. The lowest BCUT2D eigenvalue weighted by Crippen LogP contribution is -2.31. The van der Waals surface area contributed by atoms with Gasteiger partial charge in [0.1, 0.15) is 5.82 Å². The first kappa shape index (κ1) is 13.1. The molecule has 0 radical (unpaired) electrons. The van der Waals surface area contributed by atoms with Gasteiger partial charge < -0.3 is 10.0 Å². The number of aromatic nitrogens is 3. The van der Waals surface area contributed by atoms with Crippen molar-refractivity contribution in [1.82, 2.24) is 19.7 Å². The van der Waals surface area contributed by atoms with Crippen molar-refractivity contribution in [2.24, 2.45) is 0 Å². The van der Waals surface area contributed by atoms with E-state index in [2.05, 4.69) is 15.0 Å². The highest BCUT2D eigenvalue weighted by molar-refractivity contribution is 5.03. The van der Waals surface area contributed by atoms with E-state index in [-0.39, 0.29) is 12.5 Å². The molecule has 3 rings (SSSR count). The van der Waals surface area contributed by atoms with Gasteiger partial charge in [0, 0.05) is 25.4 Å². The van der Waals surface area contributed by atoms with E-state index in [0.717, 1.165) is 44.0 Å². The van der Waals surface area contributed by atoms with Gasteiger partial charge in [-0.2, -0.15) is 5.10 Å². The van der Waals surface area contributed by atoms with Crippen LogP contribution < -0.4 is 0 Å². The van der Waals surface area contributed by atoms with Crippen molar-refractivity contribution < 1.29 is 5.11 Å². The Labute approximate surface area is 114 Å². The Hall–Kier alpha value is -0.940. The largest absolute Gasteiger partial charge is 0.396 e. The number of aryl methyl sites for hydroxylation is 1. The van der Waals surface area contributed by atoms with Crippen LogP contribution in [0.4, 0.5) is 0 Å². The number of nitrogens with zero attached hydrogens (tertiary/aromatic N) is 4. The molecule has 5 nitrogen and oxygen atoms in total. The second-order valence-corrected chi connectivity index (χ2v) is 5.78. The van der Waals surface area contributed by atoms with Crippen LogP contribution in [0.3, 0.4) is 0 Å². The maximum Gasteiger partial charge on any atom is 0.152 e. The van der Waals surface area contributed by atoms with Gasteiger partial charge in [-0.15, -0.1) is 0 Å². The maximum absolute atomic E-state index is 9.39. The van der Waals surface area contributed by atoms with E-state index in [9.17, 15) is 5.11 Å². The number of hydrogen-bond donors (Lipinski definition) is 1. The van der Waals surface area contributed by atoms with E-state index in [1.54, 1.807) is 0 Å². The van der Waals surface area contributed by atoms with Crippen LogP contribution in [0.15, 0.2) is 0 Å². The molecule has 1 aromatic rings. The van der Waals surface area contributed by atoms with Crippen LogP contribution in [-0.4, -0.2) is 51.0 Å². The third-order valence-corrected chi connectivity index (χ3v) is 4.35. The van der Waals surface area contributed by atoms with Crippen molar-refractivity contribution in [3.05, 3.63) is 11.6 Å². The molecular weight excluding hydrogens is 240 g/mol. The van der Waals surface area contributed by atoms with E-state index in [1.807, 2.05) is 4.68 Å². The van der Waals surface area contributed by atoms with E-state index >= 15 is 0 Å². The van der Waals surface area contributed by atoms with E-state index in [1.165, 1.54) is 32.4 Å². The predicted octanol–water partition coefficient (Wildman–Crippen LogP) is 1.18. The Morgan fingerprint density at radius 3 is 2.74 bits per heavy atom. The summed E-state index contributed by atoms with van der Waals surface area (Å²) in [6.07, 6.45) is 7.14. The van der Waals surface area contributed by atoms with E-state index in [4.69, 9.17) is 0 Å². The van der Waals surface area contributed by atoms with Crippen molar-refractivity contribution in [1.29, 1.82) is 0 Å². The van der Waals surface area contributed by atoms with Crippen molar-refractivity contribution in [3.8, 4) is 0 Å². The molecule has 1 atom stereocenters. The quantitative estimate of drug-likeness (QED) is 0.887. The van der Waals surface area contributed by atoms with Crippen LogP contribution in [0, 0.1) is 0 Å². The fourth-order valence-electron chi connectivity index (χ4n) is 3.21. The maximum atomic E-state index is 9.39. The van der Waals surface area contributed by atoms with Crippen LogP contribution in [0.25, 0.3) is 0 Å². The second kappa shape index (κ2) is 6.01. The highest BCUT2D eigenvalue weighted by atomic mass is 16.3. The molecule has 19 heavy (non-hydrogen) atoms. The third kappa shape index (κ3) is 2.98. The molecular formula is C14H24N4O. The van der Waals surface area contributed by atoms with E-state index in [0.29, 0.717) is 0 Å². The lowest BCUT2D eigenvalue weighted by molar-refractivity contribution is 0.230. The first-order valence-corrected chi connectivity index (χ1v) is 7.63. The van der Waals surface area contributed by atoms with Crippen molar-refractivity contribution >= 4 is 0 Å². The van der Waals surface area contributed by atoms with Crippen LogP contribution >= 0.6 is 0 Å². The predicted molar refractivity (Wildman–Crippen MR) is 73.1 cm³/mol. The highest BCUT2D eigenvalue weighted by Gasteiger charge is 2.23. The van der Waals surface area contributed by atoms with Gasteiger partial charge in [0.05, 0.1) is 6.61 Å². The topological polar surface area (TPSA) is 54.2 Å². The van der Waals surface area contributed by atoms with Gasteiger partial charge >= 0.3 is 0 Å². The Morgan fingerprint density at radius 2 is 1.95 bits per heavy atom. The number of rotatable bonds is 4. The molecule has 0 spiro atoms. The summed E-state index contributed by atoms with van der Waals surface area (Å²) in [5, 5.41) is 14.0. The molecule has 0 aromatic carbocycles. The van der Waals surface area contributed by atoms with Gasteiger partial charge in [-0.3, -0.25) is 0 Å². The molecule has 5 heteroatoms. The van der Waals surface area contributed by atoms with Gasteiger partial charge in [0.2, 0.25) is 0 Å². The smallest absolute Gasteiger partial charge is 0.152 e. The lowest BCUT2D eigenvalue weighted by Gasteiger charge is -2.25. The molecule has 1 aromatic heterocycles. The summed E-state index contributed by atoms with van der Waals surface area (Å²) < 4.78 is 2.01. The minimum atomic E-state index is 0.199. The van der Waals surface area contributed by atoms with Gasteiger partial charge in [-0.25, -0.2) is 9.67 Å². The van der Waals surface area contributed by atoms with Crippen molar-refractivity contribution in [2.45, 2.75) is 51.0 Å². The normalized spacial score (nSPS) is 24.4. The third-order valence-electron chi connectivity index (χ3n) is 4.35. The summed E-state index contributed by atoms with van der Waals surface area (Å²) >= 11 is 0. The monoisotopic (exact) mass is 264 g/mol. The zero-order chi connectivity index (χ0) is 13.1. The molecule has 106 valence electrons. The molecule has 1 fully saturated rings. The summed E-state index contributed by atoms with van der Waals surface area (Å²) in [5.74, 6) is 2.16. The van der Waals surface area contributed by atoms with Crippen molar-refractivity contribution in [3.63, 3.8) is 0 Å². The molecule has 0 aliphatic carbocycles. The SMILES string of the molecule is OCC1CCCn2nc(CCN3CCCCC3)nc21. The molecule has 1 N–H and O–H groups in total. The zero-order valence-corrected chi connectivity index (χ0v) is 11.6. The Bertz CT molecular complexity index is 412. The van der Waals surface area contributed by atoms with Gasteiger partial charge in [-0.05, 0) is 38.8 Å². The average molecular weight is 264 g/mol. The summed E-state index contributed by atoms with van der Waals surface area (Å²) in [4.78, 5) is 7.17. The number of fused-ring (bicyclic) bond motifs is 1. The molecule has 2 aliphatic rings. The van der Waals surface area contributed by atoms with Crippen LogP contribution in [-0.2, 0) is 13.0 Å². The summed E-state index contributed by atoms with van der Waals surface area (Å²) in [6, 6.07) is 0. The second-order valence-electron chi connectivity index (χ2n) is 5.78. The number of hydrogen-bond acceptors (Lipinski definition) is 4. The molecule has 2 aliphatic heterocycles. The number of piperidine rings is 1. The molecule has 0 bridgehead atoms. The lowest BCUT2D eigenvalue weighted by atomic mass is 10.0. The van der Waals surface area contributed by atoms with Crippen LogP contribution in [0.1, 0.15) is 49.7 Å². The minimum absolute atomic E-state index is 0.199. The first-order chi connectivity index (χ1) is 9.36. The Balaban J connectivity index is 1.60. The van der Waals surface area contributed by atoms with Gasteiger partial charge in [0.25, 0.3) is 0 Å². The number of aliphatic hydroxyl groups excluding tert-OH is 1. The summed E-state index contributed by atoms with van der Waals surface area (Å²) in [5.41, 5.74) is 0. The standard InChI is InChI=1S/C14H24N4O/c19-11-12-5-4-9-18-14(12)15-13(16-18)6-10-17-7-2-1-3-8-17/h12,19H,1-11H2. The average Bonchev–Trinajstić information content (AvgIpc) is 2.89. The van der Waals surface area contributed by atoms with Crippen LogP contribution in [0.2, 0.25) is 0 Å². The number of aliphatic hydroxyl groups is 1. The fourth-order valence-corrected chi connectivity index (χ4v) is 3.21. The zero-order valence-electron chi connectivity index (χ0n) is 11.6. The Morgan fingerprint density at radius 1 is 1.11 bits per heavy atom. The minimum Gasteiger partial charge on any atom is -0.396 e. The summed E-state index contributed by atoms with van der Waals surface area (Å²) in [6.45, 7) is 4.69. The molecule has 0 saturated carbocycles. The van der Waals surface area contributed by atoms with Gasteiger partial charge in [-0.1, -0.05) is 6.42 Å². The molecule has 1 unspecified atom stereocenters. The summed E-state index contributed by atoms with van der Waals surface area (Å²) in [7, 11) is 0. The van der Waals surface area contributed by atoms with E-state index < -0.39 is 0 Å². The Kier molecular flexibility index (Phi) is 4.13. The highest BCUT2D eigenvalue weighted by Crippen LogP contribution is 2.24. The molecule has 3 heterocycles. The van der Waals surface area contributed by atoms with Crippen LogP contribution in [0.5, 0.6) is 0 Å². The van der Waals surface area contributed by atoms with Gasteiger partial charge in [0.15, 0.2) is 5.82 Å². The van der Waals surface area contributed by atoms with Crippen molar-refractivity contribution in [2.75, 3.05) is 26.2 Å². The molecule has 1 saturated heterocycles. The molecule has 0 amide bonds. The number of likely N-dealkylation sites (tertiary alicyclic amines) is 1. The first-order valence-electron chi connectivity index (χ1n) is 7.63.